The first-order valence-corrected chi connectivity index (χ1v) is 8.47. The molecule has 0 unspecified atom stereocenters. The number of hydrogen-bond acceptors (Lipinski definition) is 5. The van der Waals surface area contributed by atoms with E-state index in [2.05, 4.69) is 10.6 Å². The van der Waals surface area contributed by atoms with Gasteiger partial charge < -0.3 is 20.1 Å². The van der Waals surface area contributed by atoms with Crippen LogP contribution in [0.25, 0.3) is 10.4 Å². The molecule has 24 heavy (non-hydrogen) atoms. The van der Waals surface area contributed by atoms with E-state index in [4.69, 9.17) is 9.47 Å². The van der Waals surface area contributed by atoms with E-state index in [9.17, 15) is 9.59 Å². The number of amides is 2. The molecule has 2 amide bonds. The first-order chi connectivity index (χ1) is 11.6. The average Bonchev–Trinajstić information content (AvgIpc) is 3.08. The van der Waals surface area contributed by atoms with E-state index in [1.54, 1.807) is 6.07 Å². The van der Waals surface area contributed by atoms with Crippen LogP contribution in [0.15, 0.2) is 30.3 Å². The maximum Gasteiger partial charge on any atom is 0.261 e. The van der Waals surface area contributed by atoms with Crippen molar-refractivity contribution in [1.82, 2.24) is 10.6 Å². The fourth-order valence-electron chi connectivity index (χ4n) is 2.31. The molecular weight excluding hydrogens is 328 g/mol. The van der Waals surface area contributed by atoms with Gasteiger partial charge in [-0.2, -0.15) is 0 Å². The van der Waals surface area contributed by atoms with Crippen LogP contribution in [-0.4, -0.2) is 38.1 Å². The molecule has 0 saturated heterocycles. The molecule has 0 aliphatic carbocycles. The second-order valence-electron chi connectivity index (χ2n) is 5.26. The van der Waals surface area contributed by atoms with Gasteiger partial charge in [-0.25, -0.2) is 0 Å². The fraction of sp³-hybridized carbons (Fsp3) is 0.294. The molecule has 2 heterocycles. The molecule has 2 N–H and O–H groups in total. The standard InChI is InChI=1S/C17H18N2O4S/c1-11(20)18-6-7-19-17(21)16-5-4-15(24-16)12-2-3-13-14(10-12)23-9-8-22-13/h2-5,10H,6-9H2,1H3,(H,18,20)(H,19,21). The maximum atomic E-state index is 12.1. The summed E-state index contributed by atoms with van der Waals surface area (Å²) >= 11 is 1.41. The van der Waals surface area contributed by atoms with E-state index < -0.39 is 0 Å². The zero-order valence-corrected chi connectivity index (χ0v) is 14.1. The number of rotatable bonds is 5. The van der Waals surface area contributed by atoms with Crippen LogP contribution in [0.3, 0.4) is 0 Å². The monoisotopic (exact) mass is 346 g/mol. The van der Waals surface area contributed by atoms with Gasteiger partial charge in [-0.3, -0.25) is 9.59 Å². The number of carbonyl (C=O) groups excluding carboxylic acids is 2. The molecule has 0 spiro atoms. The quantitative estimate of drug-likeness (QED) is 0.813. The molecule has 6 nitrogen and oxygen atoms in total. The molecule has 1 aromatic carbocycles. The maximum absolute atomic E-state index is 12.1. The summed E-state index contributed by atoms with van der Waals surface area (Å²) in [7, 11) is 0. The van der Waals surface area contributed by atoms with Crippen LogP contribution in [-0.2, 0) is 4.79 Å². The summed E-state index contributed by atoms with van der Waals surface area (Å²) in [4.78, 5) is 24.5. The lowest BCUT2D eigenvalue weighted by Crippen LogP contribution is -2.33. The van der Waals surface area contributed by atoms with Gasteiger partial charge in [0.1, 0.15) is 13.2 Å². The molecule has 126 valence electrons. The number of ether oxygens (including phenoxy) is 2. The minimum Gasteiger partial charge on any atom is -0.486 e. The van der Waals surface area contributed by atoms with Crippen molar-refractivity contribution in [2.45, 2.75) is 6.92 Å². The van der Waals surface area contributed by atoms with E-state index in [1.807, 2.05) is 24.3 Å². The first kappa shape index (κ1) is 16.3. The predicted molar refractivity (Wildman–Crippen MR) is 91.8 cm³/mol. The highest BCUT2D eigenvalue weighted by Gasteiger charge is 2.14. The van der Waals surface area contributed by atoms with Gasteiger partial charge in [0.05, 0.1) is 4.88 Å². The smallest absolute Gasteiger partial charge is 0.261 e. The fourth-order valence-corrected chi connectivity index (χ4v) is 3.23. The van der Waals surface area contributed by atoms with Crippen molar-refractivity contribution in [1.29, 1.82) is 0 Å². The Bertz CT molecular complexity index is 757. The van der Waals surface area contributed by atoms with Crippen LogP contribution in [0.1, 0.15) is 16.6 Å². The van der Waals surface area contributed by atoms with Crippen molar-refractivity contribution in [2.75, 3.05) is 26.3 Å². The van der Waals surface area contributed by atoms with Gasteiger partial charge in [-0.1, -0.05) is 0 Å². The molecule has 0 saturated carbocycles. The molecule has 3 rings (SSSR count). The number of fused-ring (bicyclic) bond motifs is 1. The zero-order chi connectivity index (χ0) is 16.9. The largest absolute Gasteiger partial charge is 0.486 e. The third-order valence-electron chi connectivity index (χ3n) is 3.44. The number of thiophene rings is 1. The molecule has 1 aromatic heterocycles. The summed E-state index contributed by atoms with van der Waals surface area (Å²) in [6.07, 6.45) is 0. The summed E-state index contributed by atoms with van der Waals surface area (Å²) in [6.45, 7) is 3.37. The summed E-state index contributed by atoms with van der Waals surface area (Å²) < 4.78 is 11.1. The molecule has 7 heteroatoms. The zero-order valence-electron chi connectivity index (χ0n) is 13.3. The van der Waals surface area contributed by atoms with Crippen molar-refractivity contribution in [2.24, 2.45) is 0 Å². The molecule has 0 radical (unpaired) electrons. The van der Waals surface area contributed by atoms with Gasteiger partial charge >= 0.3 is 0 Å². The van der Waals surface area contributed by atoms with Gasteiger partial charge in [0.2, 0.25) is 5.91 Å². The van der Waals surface area contributed by atoms with Crippen molar-refractivity contribution >= 4 is 23.2 Å². The number of carbonyl (C=O) groups is 2. The summed E-state index contributed by atoms with van der Waals surface area (Å²) in [5, 5.41) is 5.42. The highest BCUT2D eigenvalue weighted by atomic mass is 32.1. The van der Waals surface area contributed by atoms with Crippen LogP contribution in [0.4, 0.5) is 0 Å². The molecule has 1 aliphatic heterocycles. The summed E-state index contributed by atoms with van der Waals surface area (Å²) in [6, 6.07) is 9.48. The summed E-state index contributed by atoms with van der Waals surface area (Å²) in [5.74, 6) is 1.22. The topological polar surface area (TPSA) is 76.7 Å². The van der Waals surface area contributed by atoms with Crippen molar-refractivity contribution in [3.63, 3.8) is 0 Å². The SMILES string of the molecule is CC(=O)NCCNC(=O)c1ccc(-c2ccc3c(c2)OCCO3)s1. The summed E-state index contributed by atoms with van der Waals surface area (Å²) in [5.41, 5.74) is 0.988. The third kappa shape index (κ3) is 3.86. The van der Waals surface area contributed by atoms with E-state index in [0.29, 0.717) is 31.2 Å². The predicted octanol–water partition coefficient (Wildman–Crippen LogP) is 2.05. The molecule has 0 atom stereocenters. The van der Waals surface area contributed by atoms with E-state index in [0.717, 1.165) is 21.9 Å². The second-order valence-corrected chi connectivity index (χ2v) is 6.34. The van der Waals surface area contributed by atoms with Crippen LogP contribution in [0.2, 0.25) is 0 Å². The van der Waals surface area contributed by atoms with Crippen molar-refractivity contribution in [3.8, 4) is 21.9 Å². The molecule has 1 aliphatic rings. The Morgan fingerprint density at radius 3 is 2.58 bits per heavy atom. The Morgan fingerprint density at radius 2 is 1.79 bits per heavy atom. The highest BCUT2D eigenvalue weighted by Crippen LogP contribution is 2.36. The lowest BCUT2D eigenvalue weighted by molar-refractivity contribution is -0.118. The molecule has 2 aromatic rings. The minimum absolute atomic E-state index is 0.110. The molecule has 0 bridgehead atoms. The molecular formula is C17H18N2O4S. The Kier molecular flexibility index (Phi) is 5.00. The Morgan fingerprint density at radius 1 is 1.04 bits per heavy atom. The Hall–Kier alpha value is -2.54. The van der Waals surface area contributed by atoms with Gasteiger partial charge in [0, 0.05) is 24.9 Å². The van der Waals surface area contributed by atoms with Gasteiger partial charge in [-0.05, 0) is 35.9 Å². The van der Waals surface area contributed by atoms with Crippen LogP contribution in [0, 0.1) is 0 Å². The van der Waals surface area contributed by atoms with Crippen molar-refractivity contribution in [3.05, 3.63) is 35.2 Å². The van der Waals surface area contributed by atoms with Gasteiger partial charge in [0.15, 0.2) is 11.5 Å². The normalized spacial score (nSPS) is 12.5. The van der Waals surface area contributed by atoms with Crippen LogP contribution < -0.4 is 20.1 Å². The van der Waals surface area contributed by atoms with E-state index in [-0.39, 0.29) is 11.8 Å². The van der Waals surface area contributed by atoms with Gasteiger partial charge in [-0.15, -0.1) is 11.3 Å². The third-order valence-corrected chi connectivity index (χ3v) is 4.57. The number of hydrogen-bond donors (Lipinski definition) is 2. The van der Waals surface area contributed by atoms with Crippen molar-refractivity contribution < 1.29 is 19.1 Å². The highest BCUT2D eigenvalue weighted by molar-refractivity contribution is 7.17. The van der Waals surface area contributed by atoms with Crippen LogP contribution >= 0.6 is 11.3 Å². The number of nitrogens with one attached hydrogen (secondary N) is 2. The Balaban J connectivity index is 1.64. The number of benzene rings is 1. The van der Waals surface area contributed by atoms with E-state index >= 15 is 0 Å². The average molecular weight is 346 g/mol. The minimum atomic E-state index is -0.144. The lowest BCUT2D eigenvalue weighted by atomic mass is 10.1. The molecule has 0 fully saturated rings. The van der Waals surface area contributed by atoms with Gasteiger partial charge in [0.25, 0.3) is 5.91 Å². The second kappa shape index (κ2) is 7.35. The van der Waals surface area contributed by atoms with E-state index in [1.165, 1.54) is 18.3 Å². The first-order valence-electron chi connectivity index (χ1n) is 7.66. The lowest BCUT2D eigenvalue weighted by Gasteiger charge is -2.18. The Labute approximate surface area is 143 Å². The van der Waals surface area contributed by atoms with Crippen LogP contribution in [0.5, 0.6) is 11.5 Å².